The molecule has 0 fully saturated rings. The van der Waals surface area contributed by atoms with Gasteiger partial charge in [-0.05, 0) is 24.6 Å². The summed E-state index contributed by atoms with van der Waals surface area (Å²) in [7, 11) is -2.20. The van der Waals surface area contributed by atoms with Gasteiger partial charge in [0.2, 0.25) is 0 Å². The molecule has 0 unspecified atom stereocenters. The molecule has 2 heterocycles. The number of benzene rings is 1. The molecule has 23 heavy (non-hydrogen) atoms. The molecule has 2 aromatic rings. The molecule has 0 spiro atoms. The molecule has 0 radical (unpaired) electrons. The zero-order chi connectivity index (χ0) is 16.6. The summed E-state index contributed by atoms with van der Waals surface area (Å²) in [5, 5.41) is 4.38. The molecule has 124 valence electrons. The number of rotatable bonds is 4. The lowest BCUT2D eigenvalue weighted by Gasteiger charge is -2.17. The topological polar surface area (TPSA) is 73.2 Å². The number of hydrogen-bond donors (Lipinski definition) is 1. The van der Waals surface area contributed by atoms with Crippen molar-refractivity contribution in [2.75, 3.05) is 6.61 Å². The van der Waals surface area contributed by atoms with Gasteiger partial charge in [0, 0.05) is 25.1 Å². The molecule has 1 aliphatic rings. The van der Waals surface area contributed by atoms with Gasteiger partial charge in [0.25, 0.3) is 10.0 Å². The Morgan fingerprint density at radius 2 is 2.22 bits per heavy atom. The van der Waals surface area contributed by atoms with E-state index >= 15 is 0 Å². The molecule has 1 aliphatic heterocycles. The second-order valence-electron chi connectivity index (χ2n) is 5.55. The van der Waals surface area contributed by atoms with Gasteiger partial charge in [0.05, 0.1) is 18.9 Å². The Hall–Kier alpha value is -1.77. The summed E-state index contributed by atoms with van der Waals surface area (Å²) in [5.74, 6) is -0.403. The van der Waals surface area contributed by atoms with Crippen LogP contribution in [0.4, 0.5) is 4.39 Å². The quantitative estimate of drug-likeness (QED) is 0.920. The standard InChI is InChI=1S/C15H18FN3O3S/c1-10(11-4-3-5-12(16)8-11)18-23(20,21)15-13-9-22-7-6-14(13)17-19(15)2/h3-5,8,10,18H,6-7,9H2,1-2H3/t10-/m1/s1. The summed E-state index contributed by atoms with van der Waals surface area (Å²) < 4.78 is 48.1. The lowest BCUT2D eigenvalue weighted by molar-refractivity contribution is 0.108. The largest absolute Gasteiger partial charge is 0.376 e. The average Bonchev–Trinajstić information content (AvgIpc) is 2.83. The summed E-state index contributed by atoms with van der Waals surface area (Å²) in [4.78, 5) is 0. The van der Waals surface area contributed by atoms with Gasteiger partial charge < -0.3 is 4.74 Å². The third kappa shape index (κ3) is 3.15. The fourth-order valence-electron chi connectivity index (χ4n) is 2.76. The molecule has 1 atom stereocenters. The van der Waals surface area contributed by atoms with E-state index in [1.165, 1.54) is 16.8 Å². The second-order valence-corrected chi connectivity index (χ2v) is 7.18. The van der Waals surface area contributed by atoms with Crippen LogP contribution in [0.3, 0.4) is 0 Å². The summed E-state index contributed by atoms with van der Waals surface area (Å²) in [6.07, 6.45) is 0.595. The highest BCUT2D eigenvalue weighted by Crippen LogP contribution is 2.25. The van der Waals surface area contributed by atoms with Gasteiger partial charge in [-0.1, -0.05) is 12.1 Å². The maximum Gasteiger partial charge on any atom is 0.258 e. The minimum Gasteiger partial charge on any atom is -0.376 e. The Balaban J connectivity index is 1.92. The molecule has 1 aromatic heterocycles. The van der Waals surface area contributed by atoms with E-state index in [2.05, 4.69) is 9.82 Å². The smallest absolute Gasteiger partial charge is 0.258 e. The van der Waals surface area contributed by atoms with E-state index in [-0.39, 0.29) is 11.6 Å². The van der Waals surface area contributed by atoms with Crippen LogP contribution < -0.4 is 4.72 Å². The highest BCUT2D eigenvalue weighted by Gasteiger charge is 2.30. The maximum absolute atomic E-state index is 13.3. The van der Waals surface area contributed by atoms with Crippen molar-refractivity contribution >= 4 is 10.0 Å². The van der Waals surface area contributed by atoms with Crippen molar-refractivity contribution in [1.82, 2.24) is 14.5 Å². The van der Waals surface area contributed by atoms with Crippen LogP contribution in [0.25, 0.3) is 0 Å². The van der Waals surface area contributed by atoms with Gasteiger partial charge in [-0.3, -0.25) is 4.68 Å². The minimum atomic E-state index is -3.80. The van der Waals surface area contributed by atoms with Crippen molar-refractivity contribution in [2.24, 2.45) is 7.05 Å². The fourth-order valence-corrected chi connectivity index (χ4v) is 4.37. The Morgan fingerprint density at radius 1 is 1.43 bits per heavy atom. The molecule has 1 aromatic carbocycles. The molecule has 0 amide bonds. The summed E-state index contributed by atoms with van der Waals surface area (Å²) in [5.41, 5.74) is 1.90. The number of aryl methyl sites for hydroxylation is 1. The third-order valence-corrected chi connectivity index (χ3v) is 5.52. The molecule has 0 aliphatic carbocycles. The maximum atomic E-state index is 13.3. The van der Waals surface area contributed by atoms with Crippen LogP contribution >= 0.6 is 0 Å². The zero-order valence-corrected chi connectivity index (χ0v) is 13.7. The Bertz CT molecular complexity index is 832. The Labute approximate surface area is 134 Å². The van der Waals surface area contributed by atoms with E-state index in [1.807, 2.05) is 0 Å². The number of aromatic nitrogens is 2. The molecule has 8 heteroatoms. The third-order valence-electron chi connectivity index (χ3n) is 3.84. The van der Waals surface area contributed by atoms with E-state index in [1.54, 1.807) is 26.1 Å². The number of nitrogens with zero attached hydrogens (tertiary/aromatic N) is 2. The van der Waals surface area contributed by atoms with Crippen LogP contribution in [-0.4, -0.2) is 24.8 Å². The number of sulfonamides is 1. The predicted molar refractivity (Wildman–Crippen MR) is 81.7 cm³/mol. The molecule has 1 N–H and O–H groups in total. The first-order valence-electron chi connectivity index (χ1n) is 7.29. The van der Waals surface area contributed by atoms with Crippen LogP contribution in [0.2, 0.25) is 0 Å². The number of hydrogen-bond acceptors (Lipinski definition) is 4. The summed E-state index contributed by atoms with van der Waals surface area (Å²) >= 11 is 0. The summed E-state index contributed by atoms with van der Waals surface area (Å²) in [6, 6.07) is 5.30. The monoisotopic (exact) mass is 339 g/mol. The van der Waals surface area contributed by atoms with Crippen LogP contribution in [0.5, 0.6) is 0 Å². The molecular formula is C15H18FN3O3S. The summed E-state index contributed by atoms with van der Waals surface area (Å²) in [6.45, 7) is 2.44. The normalized spacial score (nSPS) is 16.1. The van der Waals surface area contributed by atoms with E-state index in [0.717, 1.165) is 5.69 Å². The van der Waals surface area contributed by atoms with Crippen molar-refractivity contribution < 1.29 is 17.5 Å². The van der Waals surface area contributed by atoms with Gasteiger partial charge in [-0.2, -0.15) is 5.10 Å². The van der Waals surface area contributed by atoms with Crippen molar-refractivity contribution in [3.05, 3.63) is 46.9 Å². The van der Waals surface area contributed by atoms with Crippen LogP contribution in [0.15, 0.2) is 29.3 Å². The molecule has 0 saturated carbocycles. The van der Waals surface area contributed by atoms with Crippen molar-refractivity contribution in [1.29, 1.82) is 0 Å². The SMILES string of the molecule is C[C@@H](NS(=O)(=O)c1c2c(nn1C)CCOC2)c1cccc(F)c1. The van der Waals surface area contributed by atoms with E-state index in [9.17, 15) is 12.8 Å². The first-order chi connectivity index (χ1) is 10.9. The van der Waals surface area contributed by atoms with Crippen molar-refractivity contribution in [2.45, 2.75) is 31.0 Å². The number of halogens is 1. The highest BCUT2D eigenvalue weighted by molar-refractivity contribution is 7.89. The molecule has 6 nitrogen and oxygen atoms in total. The Morgan fingerprint density at radius 3 is 2.96 bits per heavy atom. The minimum absolute atomic E-state index is 0.107. The molecule has 3 rings (SSSR count). The predicted octanol–water partition coefficient (Wildman–Crippen LogP) is 1.67. The second kappa shape index (κ2) is 6.03. The van der Waals surface area contributed by atoms with E-state index < -0.39 is 21.9 Å². The van der Waals surface area contributed by atoms with Crippen LogP contribution in [0.1, 0.15) is 29.8 Å². The molecule has 0 saturated heterocycles. The lowest BCUT2D eigenvalue weighted by atomic mass is 10.1. The van der Waals surface area contributed by atoms with E-state index in [4.69, 9.17) is 4.74 Å². The van der Waals surface area contributed by atoms with Gasteiger partial charge >= 0.3 is 0 Å². The highest BCUT2D eigenvalue weighted by atomic mass is 32.2. The average molecular weight is 339 g/mol. The molecule has 0 bridgehead atoms. The van der Waals surface area contributed by atoms with Gasteiger partial charge in [-0.25, -0.2) is 17.5 Å². The van der Waals surface area contributed by atoms with Crippen molar-refractivity contribution in [3.8, 4) is 0 Å². The van der Waals surface area contributed by atoms with Gasteiger partial charge in [-0.15, -0.1) is 0 Å². The zero-order valence-electron chi connectivity index (χ0n) is 12.9. The van der Waals surface area contributed by atoms with Crippen LogP contribution in [0, 0.1) is 5.82 Å². The fraction of sp³-hybridized carbons (Fsp3) is 0.400. The van der Waals surface area contributed by atoms with Crippen molar-refractivity contribution in [3.63, 3.8) is 0 Å². The Kier molecular flexibility index (Phi) is 4.22. The van der Waals surface area contributed by atoms with Gasteiger partial charge in [0.15, 0.2) is 5.03 Å². The van der Waals surface area contributed by atoms with E-state index in [0.29, 0.717) is 24.2 Å². The number of ether oxygens (including phenoxy) is 1. The number of nitrogens with one attached hydrogen (secondary N) is 1. The lowest BCUT2D eigenvalue weighted by Crippen LogP contribution is -2.29. The van der Waals surface area contributed by atoms with Gasteiger partial charge in [0.1, 0.15) is 5.82 Å². The first-order valence-corrected chi connectivity index (χ1v) is 8.77. The van der Waals surface area contributed by atoms with Crippen LogP contribution in [-0.2, 0) is 34.8 Å². The number of fused-ring (bicyclic) bond motifs is 1. The molecular weight excluding hydrogens is 321 g/mol. The first kappa shape index (κ1) is 16.1.